The van der Waals surface area contributed by atoms with Gasteiger partial charge in [0.2, 0.25) is 10.0 Å². The molecule has 1 aromatic rings. The molecule has 5 heteroatoms. The predicted octanol–water partition coefficient (Wildman–Crippen LogP) is 1.33. The van der Waals surface area contributed by atoms with Crippen molar-refractivity contribution in [3.8, 4) is 11.8 Å². The number of rotatable bonds is 3. The van der Waals surface area contributed by atoms with Gasteiger partial charge in [0.05, 0.1) is 11.4 Å². The molecule has 104 valence electrons. The van der Waals surface area contributed by atoms with Gasteiger partial charge in [0.1, 0.15) is 0 Å². The molecule has 19 heavy (non-hydrogen) atoms. The summed E-state index contributed by atoms with van der Waals surface area (Å²) in [6, 6.07) is 4.87. The molecular weight excluding hydrogens is 260 g/mol. The number of nitrogens with zero attached hydrogens (tertiary/aromatic N) is 1. The molecule has 0 aliphatic rings. The zero-order valence-corrected chi connectivity index (χ0v) is 12.6. The first-order valence-corrected chi connectivity index (χ1v) is 7.52. The van der Waals surface area contributed by atoms with Crippen molar-refractivity contribution in [2.75, 3.05) is 13.6 Å². The lowest BCUT2D eigenvalue weighted by atomic mass is 10.1. The molecule has 0 aliphatic carbocycles. The van der Waals surface area contributed by atoms with Crippen LogP contribution in [0.25, 0.3) is 0 Å². The van der Waals surface area contributed by atoms with Crippen molar-refractivity contribution in [1.29, 1.82) is 0 Å². The molecule has 0 atom stereocenters. The van der Waals surface area contributed by atoms with Crippen LogP contribution in [0.1, 0.15) is 25.0 Å². The zero-order valence-electron chi connectivity index (χ0n) is 11.8. The molecule has 2 N–H and O–H groups in total. The van der Waals surface area contributed by atoms with E-state index in [1.807, 2.05) is 20.8 Å². The molecule has 0 spiro atoms. The van der Waals surface area contributed by atoms with Crippen LogP contribution < -0.4 is 5.73 Å². The van der Waals surface area contributed by atoms with Crippen LogP contribution in [-0.4, -0.2) is 32.4 Å². The second-order valence-electron chi connectivity index (χ2n) is 4.60. The van der Waals surface area contributed by atoms with Gasteiger partial charge < -0.3 is 5.73 Å². The molecule has 0 heterocycles. The highest BCUT2D eigenvalue weighted by atomic mass is 32.2. The molecule has 0 fully saturated rings. The van der Waals surface area contributed by atoms with Gasteiger partial charge in [-0.3, -0.25) is 0 Å². The van der Waals surface area contributed by atoms with Crippen molar-refractivity contribution in [1.82, 2.24) is 4.31 Å². The normalized spacial score (nSPS) is 11.5. The molecule has 0 unspecified atom stereocenters. The maximum absolute atomic E-state index is 12.3. The van der Waals surface area contributed by atoms with Gasteiger partial charge in [-0.2, -0.15) is 4.31 Å². The van der Waals surface area contributed by atoms with Gasteiger partial charge in [0, 0.05) is 18.7 Å². The quantitative estimate of drug-likeness (QED) is 0.850. The fourth-order valence-electron chi connectivity index (χ4n) is 1.53. The smallest absolute Gasteiger partial charge is 0.243 e. The lowest BCUT2D eigenvalue weighted by Gasteiger charge is -2.21. The summed E-state index contributed by atoms with van der Waals surface area (Å²) in [7, 11) is -1.86. The number of benzene rings is 1. The minimum Gasteiger partial charge on any atom is -0.320 e. The van der Waals surface area contributed by atoms with E-state index in [0.29, 0.717) is 4.90 Å². The molecule has 0 bridgehead atoms. The average molecular weight is 280 g/mol. The second kappa shape index (κ2) is 6.20. The Hall–Kier alpha value is -1.35. The van der Waals surface area contributed by atoms with E-state index in [-0.39, 0.29) is 12.6 Å². The molecule has 1 aromatic carbocycles. The van der Waals surface area contributed by atoms with E-state index in [1.165, 1.54) is 4.31 Å². The van der Waals surface area contributed by atoms with E-state index in [9.17, 15) is 8.42 Å². The van der Waals surface area contributed by atoms with E-state index < -0.39 is 10.0 Å². The highest BCUT2D eigenvalue weighted by Crippen LogP contribution is 2.19. The monoisotopic (exact) mass is 280 g/mol. The summed E-state index contributed by atoms with van der Waals surface area (Å²) in [5.41, 5.74) is 6.96. The van der Waals surface area contributed by atoms with Crippen LogP contribution in [0.3, 0.4) is 0 Å². The Labute approximate surface area is 115 Å². The van der Waals surface area contributed by atoms with Crippen molar-refractivity contribution in [2.45, 2.75) is 31.7 Å². The molecule has 4 nitrogen and oxygen atoms in total. The van der Waals surface area contributed by atoms with Gasteiger partial charge in [-0.05, 0) is 44.5 Å². The van der Waals surface area contributed by atoms with Crippen LogP contribution in [0.4, 0.5) is 0 Å². The van der Waals surface area contributed by atoms with E-state index in [2.05, 4.69) is 11.8 Å². The van der Waals surface area contributed by atoms with Crippen LogP contribution in [0.15, 0.2) is 23.1 Å². The highest BCUT2D eigenvalue weighted by Gasteiger charge is 2.23. The summed E-state index contributed by atoms with van der Waals surface area (Å²) < 4.78 is 26.0. The maximum atomic E-state index is 12.3. The molecule has 0 saturated heterocycles. The van der Waals surface area contributed by atoms with Gasteiger partial charge in [0.15, 0.2) is 0 Å². The van der Waals surface area contributed by atoms with Crippen LogP contribution in [0, 0.1) is 18.8 Å². The standard InChI is InChI=1S/C14H20N2O2S/c1-11(2)16(4)19(17,18)14-8-7-13(6-5-9-15)12(3)10-14/h7-8,10-11H,9,15H2,1-4H3. The fourth-order valence-corrected chi connectivity index (χ4v) is 2.98. The summed E-state index contributed by atoms with van der Waals surface area (Å²) in [6.07, 6.45) is 0. The number of sulfonamides is 1. The molecule has 1 rings (SSSR count). The fraction of sp³-hybridized carbons (Fsp3) is 0.429. The molecule has 0 radical (unpaired) electrons. The van der Waals surface area contributed by atoms with E-state index in [0.717, 1.165) is 11.1 Å². The van der Waals surface area contributed by atoms with Crippen LogP contribution in [0.2, 0.25) is 0 Å². The summed E-state index contributed by atoms with van der Waals surface area (Å²) in [5, 5.41) is 0. The Morgan fingerprint density at radius 1 is 1.37 bits per heavy atom. The van der Waals surface area contributed by atoms with Crippen molar-refractivity contribution in [3.05, 3.63) is 29.3 Å². The van der Waals surface area contributed by atoms with Gasteiger partial charge in [-0.1, -0.05) is 11.8 Å². The second-order valence-corrected chi connectivity index (χ2v) is 6.60. The lowest BCUT2D eigenvalue weighted by Crippen LogP contribution is -2.33. The third-order valence-electron chi connectivity index (χ3n) is 2.93. The van der Waals surface area contributed by atoms with E-state index in [1.54, 1.807) is 25.2 Å². The van der Waals surface area contributed by atoms with E-state index in [4.69, 9.17) is 5.73 Å². The maximum Gasteiger partial charge on any atom is 0.243 e. The van der Waals surface area contributed by atoms with Gasteiger partial charge in [-0.15, -0.1) is 0 Å². The molecule has 0 aromatic heterocycles. The third kappa shape index (κ3) is 3.57. The SMILES string of the molecule is Cc1cc(S(=O)(=O)N(C)C(C)C)ccc1C#CCN. The molecule has 0 saturated carbocycles. The number of aryl methyl sites for hydroxylation is 1. The first-order chi connectivity index (χ1) is 8.80. The van der Waals surface area contributed by atoms with Gasteiger partial charge in [-0.25, -0.2) is 8.42 Å². The van der Waals surface area contributed by atoms with Crippen LogP contribution >= 0.6 is 0 Å². The number of hydrogen-bond acceptors (Lipinski definition) is 3. The van der Waals surface area contributed by atoms with Crippen LogP contribution in [0.5, 0.6) is 0 Å². The largest absolute Gasteiger partial charge is 0.320 e. The average Bonchev–Trinajstić information content (AvgIpc) is 2.36. The Kier molecular flexibility index (Phi) is 5.12. The van der Waals surface area contributed by atoms with Crippen LogP contribution in [-0.2, 0) is 10.0 Å². The summed E-state index contributed by atoms with van der Waals surface area (Å²) in [5.74, 6) is 5.68. The summed E-state index contributed by atoms with van der Waals surface area (Å²) >= 11 is 0. The van der Waals surface area contributed by atoms with Crippen molar-refractivity contribution >= 4 is 10.0 Å². The summed E-state index contributed by atoms with van der Waals surface area (Å²) in [6.45, 7) is 5.81. The number of nitrogens with two attached hydrogens (primary N) is 1. The summed E-state index contributed by atoms with van der Waals surface area (Å²) in [4.78, 5) is 0.291. The van der Waals surface area contributed by atoms with Gasteiger partial charge >= 0.3 is 0 Å². The number of hydrogen-bond donors (Lipinski definition) is 1. The minimum atomic E-state index is -3.44. The first kappa shape index (κ1) is 15.7. The van der Waals surface area contributed by atoms with Crippen molar-refractivity contribution in [2.24, 2.45) is 5.73 Å². The van der Waals surface area contributed by atoms with Crippen molar-refractivity contribution in [3.63, 3.8) is 0 Å². The zero-order chi connectivity index (χ0) is 14.6. The Balaban J connectivity index is 3.21. The Bertz CT molecular complexity index is 610. The van der Waals surface area contributed by atoms with Crippen molar-refractivity contribution < 1.29 is 8.42 Å². The first-order valence-electron chi connectivity index (χ1n) is 6.08. The Morgan fingerprint density at radius 2 is 2.00 bits per heavy atom. The molecule has 0 aliphatic heterocycles. The lowest BCUT2D eigenvalue weighted by molar-refractivity contribution is 0.410. The minimum absolute atomic E-state index is 0.0815. The molecular formula is C14H20N2O2S. The van der Waals surface area contributed by atoms with E-state index >= 15 is 0 Å². The third-order valence-corrected chi connectivity index (χ3v) is 4.96. The van der Waals surface area contributed by atoms with Gasteiger partial charge in [0.25, 0.3) is 0 Å². The predicted molar refractivity (Wildman–Crippen MR) is 77.2 cm³/mol. The molecule has 0 amide bonds. The Morgan fingerprint density at radius 3 is 2.47 bits per heavy atom. The highest BCUT2D eigenvalue weighted by molar-refractivity contribution is 7.89. The topological polar surface area (TPSA) is 63.4 Å².